The standard InChI is InChI=1S/C9H10FNOS/c1-5-8(11)6-3-2-4-7(10)9(6)13(5)12/h2-5,8H,11H2,1H3. The van der Waals surface area contributed by atoms with Crippen LogP contribution in [-0.4, -0.2) is 9.46 Å². The third kappa shape index (κ3) is 1.13. The molecule has 2 N–H and O–H groups in total. The third-order valence-electron chi connectivity index (χ3n) is 2.40. The molecule has 3 atom stereocenters. The Morgan fingerprint density at radius 3 is 2.85 bits per heavy atom. The molecule has 0 amide bonds. The number of benzene rings is 1. The van der Waals surface area contributed by atoms with Crippen molar-refractivity contribution in [3.63, 3.8) is 0 Å². The van der Waals surface area contributed by atoms with Gasteiger partial charge in [0.1, 0.15) is 5.82 Å². The summed E-state index contributed by atoms with van der Waals surface area (Å²) in [5.74, 6) is -0.407. The molecule has 0 saturated heterocycles. The van der Waals surface area contributed by atoms with E-state index in [1.165, 1.54) is 6.07 Å². The zero-order valence-corrected chi connectivity index (χ0v) is 7.98. The first-order valence-corrected chi connectivity index (χ1v) is 5.29. The van der Waals surface area contributed by atoms with Gasteiger partial charge in [-0.3, -0.25) is 4.21 Å². The van der Waals surface area contributed by atoms with E-state index in [0.29, 0.717) is 10.5 Å². The summed E-state index contributed by atoms with van der Waals surface area (Å²) in [5, 5.41) is -0.188. The van der Waals surface area contributed by atoms with Crippen molar-refractivity contribution in [2.75, 3.05) is 0 Å². The molecule has 0 saturated carbocycles. The Hall–Kier alpha value is -0.740. The van der Waals surface area contributed by atoms with Crippen LogP contribution < -0.4 is 5.73 Å². The maximum atomic E-state index is 13.2. The molecule has 0 spiro atoms. The van der Waals surface area contributed by atoms with Gasteiger partial charge < -0.3 is 5.73 Å². The van der Waals surface area contributed by atoms with Crippen LogP contribution in [0.2, 0.25) is 0 Å². The van der Waals surface area contributed by atoms with Gasteiger partial charge in [-0.1, -0.05) is 12.1 Å². The van der Waals surface area contributed by atoms with E-state index >= 15 is 0 Å². The summed E-state index contributed by atoms with van der Waals surface area (Å²) < 4.78 is 24.9. The first-order chi connectivity index (χ1) is 6.13. The van der Waals surface area contributed by atoms with Crippen molar-refractivity contribution in [2.45, 2.75) is 23.1 Å². The number of rotatable bonds is 0. The summed E-state index contributed by atoms with van der Waals surface area (Å²) in [5.41, 5.74) is 6.48. The Morgan fingerprint density at radius 2 is 2.23 bits per heavy atom. The fraction of sp³-hybridized carbons (Fsp3) is 0.333. The molecule has 2 rings (SSSR count). The van der Waals surface area contributed by atoms with Crippen LogP contribution >= 0.6 is 0 Å². The Labute approximate surface area is 78.4 Å². The normalized spacial score (nSPS) is 31.8. The van der Waals surface area contributed by atoms with Crippen molar-refractivity contribution in [1.29, 1.82) is 0 Å². The molecular weight excluding hydrogens is 189 g/mol. The minimum absolute atomic E-state index is 0.188. The maximum absolute atomic E-state index is 13.2. The Bertz CT molecular complexity index is 380. The zero-order chi connectivity index (χ0) is 9.59. The lowest BCUT2D eigenvalue weighted by atomic mass is 10.1. The highest BCUT2D eigenvalue weighted by molar-refractivity contribution is 7.86. The minimum atomic E-state index is -1.28. The van der Waals surface area contributed by atoms with E-state index in [9.17, 15) is 8.60 Å². The van der Waals surface area contributed by atoms with E-state index in [1.807, 2.05) is 0 Å². The first-order valence-electron chi connectivity index (χ1n) is 4.07. The van der Waals surface area contributed by atoms with Crippen LogP contribution in [0, 0.1) is 5.82 Å². The van der Waals surface area contributed by atoms with Gasteiger partial charge in [-0.05, 0) is 18.6 Å². The number of fused-ring (bicyclic) bond motifs is 1. The van der Waals surface area contributed by atoms with Crippen molar-refractivity contribution >= 4 is 10.8 Å². The average Bonchev–Trinajstić information content (AvgIpc) is 2.33. The number of hydrogen-bond donors (Lipinski definition) is 1. The highest BCUT2D eigenvalue weighted by Crippen LogP contribution is 2.35. The predicted octanol–water partition coefficient (Wildman–Crippen LogP) is 1.34. The fourth-order valence-electron chi connectivity index (χ4n) is 1.57. The van der Waals surface area contributed by atoms with Crippen molar-refractivity contribution < 1.29 is 8.60 Å². The van der Waals surface area contributed by atoms with Crippen LogP contribution in [0.25, 0.3) is 0 Å². The summed E-state index contributed by atoms with van der Waals surface area (Å²) in [6.07, 6.45) is 0. The van der Waals surface area contributed by atoms with Crippen molar-refractivity contribution in [3.8, 4) is 0 Å². The van der Waals surface area contributed by atoms with Crippen molar-refractivity contribution in [2.24, 2.45) is 5.73 Å². The monoisotopic (exact) mass is 199 g/mol. The van der Waals surface area contributed by atoms with Crippen LogP contribution in [0.15, 0.2) is 23.1 Å². The second kappa shape index (κ2) is 2.89. The summed E-state index contributed by atoms with van der Waals surface area (Å²) in [6, 6.07) is 4.36. The van der Waals surface area contributed by atoms with Gasteiger partial charge >= 0.3 is 0 Å². The SMILES string of the molecule is CC1C(N)c2cccc(F)c2S1=O. The molecule has 0 aliphatic carbocycles. The number of nitrogens with two attached hydrogens (primary N) is 1. The molecular formula is C9H10FNOS. The summed E-state index contributed by atoms with van der Waals surface area (Å²) in [7, 11) is -1.28. The molecule has 2 nitrogen and oxygen atoms in total. The lowest BCUT2D eigenvalue weighted by Crippen LogP contribution is -2.19. The second-order valence-electron chi connectivity index (χ2n) is 3.19. The molecule has 1 heterocycles. The van der Waals surface area contributed by atoms with Gasteiger partial charge in [0.2, 0.25) is 0 Å². The van der Waals surface area contributed by atoms with Gasteiger partial charge in [0, 0.05) is 6.04 Å². The fourth-order valence-corrected chi connectivity index (χ4v) is 3.05. The smallest absolute Gasteiger partial charge is 0.139 e. The van der Waals surface area contributed by atoms with Gasteiger partial charge in [-0.25, -0.2) is 4.39 Å². The molecule has 70 valence electrons. The molecule has 1 aliphatic rings. The molecule has 0 aromatic heterocycles. The Balaban J connectivity index is 2.66. The molecule has 13 heavy (non-hydrogen) atoms. The second-order valence-corrected chi connectivity index (χ2v) is 4.93. The molecule has 0 bridgehead atoms. The highest BCUT2D eigenvalue weighted by atomic mass is 32.2. The molecule has 1 aliphatic heterocycles. The molecule has 0 radical (unpaired) electrons. The lowest BCUT2D eigenvalue weighted by molar-refractivity contribution is 0.592. The van der Waals surface area contributed by atoms with E-state index in [2.05, 4.69) is 0 Å². The van der Waals surface area contributed by atoms with Crippen LogP contribution in [0.1, 0.15) is 18.5 Å². The van der Waals surface area contributed by atoms with E-state index < -0.39 is 16.6 Å². The van der Waals surface area contributed by atoms with Crippen LogP contribution in [-0.2, 0) is 10.8 Å². The first kappa shape index (κ1) is 8.84. The van der Waals surface area contributed by atoms with E-state index in [4.69, 9.17) is 5.73 Å². The highest BCUT2D eigenvalue weighted by Gasteiger charge is 2.35. The Kier molecular flexibility index (Phi) is 1.96. The van der Waals surface area contributed by atoms with Crippen LogP contribution in [0.3, 0.4) is 0 Å². The van der Waals surface area contributed by atoms with Crippen LogP contribution in [0.4, 0.5) is 4.39 Å². The van der Waals surface area contributed by atoms with Gasteiger partial charge in [0.25, 0.3) is 0 Å². The molecule has 3 unspecified atom stereocenters. The molecule has 1 aromatic rings. The molecule has 1 aromatic carbocycles. The maximum Gasteiger partial charge on any atom is 0.139 e. The topological polar surface area (TPSA) is 43.1 Å². The van der Waals surface area contributed by atoms with Gasteiger partial charge in [0.15, 0.2) is 0 Å². The number of halogens is 1. The lowest BCUT2D eigenvalue weighted by Gasteiger charge is -2.06. The largest absolute Gasteiger partial charge is 0.323 e. The summed E-state index contributed by atoms with van der Waals surface area (Å²) in [4.78, 5) is 0.294. The van der Waals surface area contributed by atoms with E-state index in [0.717, 1.165) is 0 Å². The Morgan fingerprint density at radius 1 is 1.54 bits per heavy atom. The predicted molar refractivity (Wildman–Crippen MR) is 49.2 cm³/mol. The molecule has 4 heteroatoms. The average molecular weight is 199 g/mol. The zero-order valence-electron chi connectivity index (χ0n) is 7.16. The van der Waals surface area contributed by atoms with Gasteiger partial charge in [-0.15, -0.1) is 0 Å². The minimum Gasteiger partial charge on any atom is -0.323 e. The third-order valence-corrected chi connectivity index (χ3v) is 4.20. The van der Waals surface area contributed by atoms with Gasteiger partial charge in [-0.2, -0.15) is 0 Å². The summed E-state index contributed by atoms with van der Waals surface area (Å²) >= 11 is 0. The van der Waals surface area contributed by atoms with Crippen molar-refractivity contribution in [3.05, 3.63) is 29.6 Å². The number of hydrogen-bond acceptors (Lipinski definition) is 2. The van der Waals surface area contributed by atoms with Crippen LogP contribution in [0.5, 0.6) is 0 Å². The quantitative estimate of drug-likeness (QED) is 0.685. The summed E-state index contributed by atoms with van der Waals surface area (Å²) in [6.45, 7) is 1.78. The van der Waals surface area contributed by atoms with Gasteiger partial charge in [0.05, 0.1) is 20.9 Å². The van der Waals surface area contributed by atoms with Crippen molar-refractivity contribution in [1.82, 2.24) is 0 Å². The van der Waals surface area contributed by atoms with E-state index in [1.54, 1.807) is 19.1 Å². The molecule has 0 fully saturated rings. The van der Waals surface area contributed by atoms with E-state index in [-0.39, 0.29) is 11.3 Å².